The molecular formula is C9H11Cl3N2O3S. The molecule has 0 atom stereocenters. The van der Waals surface area contributed by atoms with Gasteiger partial charge in [0.2, 0.25) is 10.0 Å². The minimum absolute atomic E-state index is 0.00503. The number of rotatable bonds is 4. The number of likely N-dealkylation sites (N-methyl/N-ethyl adjacent to an activating group) is 1. The standard InChI is InChI=1S/C9H11Cl3N2O3S/c1-14(2-3-15)18(16,17)6-4-5(10)7(11)9(13)8(6)12/h4,15H,2-3,13H2,1H3. The van der Waals surface area contributed by atoms with Crippen LogP contribution < -0.4 is 5.73 Å². The molecule has 1 rings (SSSR count). The van der Waals surface area contributed by atoms with E-state index in [0.29, 0.717) is 0 Å². The molecule has 0 spiro atoms. The fourth-order valence-electron chi connectivity index (χ4n) is 1.22. The van der Waals surface area contributed by atoms with E-state index >= 15 is 0 Å². The molecule has 0 radical (unpaired) electrons. The molecule has 3 N–H and O–H groups in total. The highest BCUT2D eigenvalue weighted by Crippen LogP contribution is 2.39. The zero-order valence-electron chi connectivity index (χ0n) is 9.32. The van der Waals surface area contributed by atoms with Crippen molar-refractivity contribution in [3.05, 3.63) is 21.1 Å². The molecule has 0 saturated carbocycles. The van der Waals surface area contributed by atoms with Gasteiger partial charge in [-0.15, -0.1) is 0 Å². The Morgan fingerprint density at radius 1 is 1.33 bits per heavy atom. The summed E-state index contributed by atoms with van der Waals surface area (Å²) in [4.78, 5) is -0.244. The number of benzene rings is 1. The predicted octanol–water partition coefficient (Wildman–Crippen LogP) is 1.84. The number of nitrogens with zero attached hydrogens (tertiary/aromatic N) is 1. The van der Waals surface area contributed by atoms with E-state index in [2.05, 4.69) is 0 Å². The van der Waals surface area contributed by atoms with Gasteiger partial charge in [0.05, 0.1) is 27.4 Å². The summed E-state index contributed by atoms with van der Waals surface area (Å²) in [5.74, 6) is 0. The normalized spacial score (nSPS) is 12.1. The van der Waals surface area contributed by atoms with Crippen LogP contribution in [0.2, 0.25) is 15.1 Å². The van der Waals surface area contributed by atoms with Gasteiger partial charge >= 0.3 is 0 Å². The molecule has 0 aliphatic carbocycles. The van der Waals surface area contributed by atoms with Crippen LogP contribution in [0.15, 0.2) is 11.0 Å². The van der Waals surface area contributed by atoms with Gasteiger partial charge in [0.15, 0.2) is 0 Å². The molecule has 0 aromatic heterocycles. The van der Waals surface area contributed by atoms with E-state index in [4.69, 9.17) is 45.6 Å². The van der Waals surface area contributed by atoms with Crippen LogP contribution in [0.4, 0.5) is 5.69 Å². The van der Waals surface area contributed by atoms with Gasteiger partial charge in [0.25, 0.3) is 0 Å². The summed E-state index contributed by atoms with van der Waals surface area (Å²) >= 11 is 17.4. The lowest BCUT2D eigenvalue weighted by Crippen LogP contribution is -2.30. The first-order valence-electron chi connectivity index (χ1n) is 4.73. The lowest BCUT2D eigenvalue weighted by molar-refractivity contribution is 0.266. The number of hydrogen-bond acceptors (Lipinski definition) is 4. The van der Waals surface area contributed by atoms with Crippen LogP contribution in [0.1, 0.15) is 0 Å². The maximum Gasteiger partial charge on any atom is 0.244 e. The third-order valence-corrected chi connectivity index (χ3v) is 5.46. The fourth-order valence-corrected chi connectivity index (χ4v) is 3.39. The van der Waals surface area contributed by atoms with Crippen molar-refractivity contribution in [1.29, 1.82) is 0 Å². The number of sulfonamides is 1. The highest BCUT2D eigenvalue weighted by Gasteiger charge is 2.26. The van der Waals surface area contributed by atoms with Crippen molar-refractivity contribution in [2.24, 2.45) is 0 Å². The van der Waals surface area contributed by atoms with Crippen LogP contribution in [0.3, 0.4) is 0 Å². The van der Waals surface area contributed by atoms with Crippen molar-refractivity contribution < 1.29 is 13.5 Å². The van der Waals surface area contributed by atoms with Gasteiger partial charge in [-0.1, -0.05) is 34.8 Å². The Balaban J connectivity index is 3.43. The summed E-state index contributed by atoms with van der Waals surface area (Å²) in [6.07, 6.45) is 0. The lowest BCUT2D eigenvalue weighted by Gasteiger charge is -2.18. The minimum atomic E-state index is -3.88. The Hall–Kier alpha value is -0.240. The monoisotopic (exact) mass is 332 g/mol. The van der Waals surface area contributed by atoms with Gasteiger partial charge in [-0.2, -0.15) is 4.31 Å². The van der Waals surface area contributed by atoms with E-state index in [1.807, 2.05) is 0 Å². The van der Waals surface area contributed by atoms with E-state index in [-0.39, 0.29) is 38.8 Å². The molecule has 0 saturated heterocycles. The van der Waals surface area contributed by atoms with E-state index < -0.39 is 10.0 Å². The zero-order chi connectivity index (χ0) is 14.1. The van der Waals surface area contributed by atoms with E-state index in [9.17, 15) is 8.42 Å². The first-order chi connectivity index (χ1) is 8.23. The highest BCUT2D eigenvalue weighted by molar-refractivity contribution is 7.89. The molecule has 9 heteroatoms. The molecule has 0 fully saturated rings. The zero-order valence-corrected chi connectivity index (χ0v) is 12.4. The van der Waals surface area contributed by atoms with Gasteiger partial charge in [-0.3, -0.25) is 0 Å². The maximum atomic E-state index is 12.1. The van der Waals surface area contributed by atoms with Crippen molar-refractivity contribution in [2.75, 3.05) is 25.9 Å². The Labute approximate surface area is 120 Å². The van der Waals surface area contributed by atoms with E-state index in [1.54, 1.807) is 0 Å². The van der Waals surface area contributed by atoms with E-state index in [0.717, 1.165) is 10.4 Å². The summed E-state index contributed by atoms with van der Waals surface area (Å²) in [6.45, 7) is -0.386. The molecular weight excluding hydrogens is 323 g/mol. The van der Waals surface area contributed by atoms with Gasteiger partial charge in [-0.25, -0.2) is 8.42 Å². The molecule has 0 bridgehead atoms. The second kappa shape index (κ2) is 5.81. The summed E-state index contributed by atoms with van der Waals surface area (Å²) in [5, 5.41) is 8.57. The van der Waals surface area contributed by atoms with Crippen molar-refractivity contribution in [3.63, 3.8) is 0 Å². The Kier molecular flexibility index (Phi) is 5.11. The summed E-state index contributed by atoms with van der Waals surface area (Å²) < 4.78 is 25.2. The van der Waals surface area contributed by atoms with Crippen LogP contribution in [-0.4, -0.2) is 38.0 Å². The number of hydrogen-bond donors (Lipinski definition) is 2. The molecule has 0 heterocycles. The molecule has 1 aromatic carbocycles. The average molecular weight is 334 g/mol. The quantitative estimate of drug-likeness (QED) is 0.650. The van der Waals surface area contributed by atoms with Crippen molar-refractivity contribution in [1.82, 2.24) is 4.31 Å². The molecule has 102 valence electrons. The van der Waals surface area contributed by atoms with Gasteiger partial charge in [0.1, 0.15) is 4.90 Å². The highest BCUT2D eigenvalue weighted by atomic mass is 35.5. The van der Waals surface area contributed by atoms with Crippen LogP contribution in [0.25, 0.3) is 0 Å². The Morgan fingerprint density at radius 3 is 2.39 bits per heavy atom. The third-order valence-electron chi connectivity index (χ3n) is 2.26. The fraction of sp³-hybridized carbons (Fsp3) is 0.333. The van der Waals surface area contributed by atoms with Crippen LogP contribution >= 0.6 is 34.8 Å². The number of aliphatic hydroxyl groups excluding tert-OH is 1. The molecule has 0 unspecified atom stereocenters. The predicted molar refractivity (Wildman–Crippen MR) is 72.8 cm³/mol. The number of aliphatic hydroxyl groups is 1. The largest absolute Gasteiger partial charge is 0.396 e. The third kappa shape index (κ3) is 2.84. The number of nitrogens with two attached hydrogens (primary N) is 1. The Morgan fingerprint density at radius 2 is 1.89 bits per heavy atom. The van der Waals surface area contributed by atoms with Gasteiger partial charge < -0.3 is 10.8 Å². The lowest BCUT2D eigenvalue weighted by atomic mass is 10.3. The van der Waals surface area contributed by atoms with Crippen molar-refractivity contribution in [3.8, 4) is 0 Å². The summed E-state index contributed by atoms with van der Waals surface area (Å²) in [7, 11) is -2.57. The van der Waals surface area contributed by atoms with Crippen molar-refractivity contribution >= 4 is 50.5 Å². The van der Waals surface area contributed by atoms with Gasteiger partial charge in [0, 0.05) is 13.6 Å². The second-order valence-electron chi connectivity index (χ2n) is 3.45. The number of nitrogen functional groups attached to an aromatic ring is 1. The van der Waals surface area contributed by atoms with Crippen molar-refractivity contribution in [2.45, 2.75) is 4.90 Å². The molecule has 1 aromatic rings. The molecule has 0 amide bonds. The SMILES string of the molecule is CN(CCO)S(=O)(=O)c1cc(Cl)c(Cl)c(N)c1Cl. The summed E-state index contributed by atoms with van der Waals surface area (Å²) in [6, 6.07) is 1.13. The second-order valence-corrected chi connectivity index (χ2v) is 6.62. The first kappa shape index (κ1) is 15.8. The van der Waals surface area contributed by atoms with Crippen LogP contribution in [-0.2, 0) is 10.0 Å². The molecule has 0 aliphatic rings. The minimum Gasteiger partial charge on any atom is -0.396 e. The van der Waals surface area contributed by atoms with Crippen LogP contribution in [0, 0.1) is 0 Å². The Bertz CT molecular complexity index is 563. The topological polar surface area (TPSA) is 83.6 Å². The molecule has 5 nitrogen and oxygen atoms in total. The number of halogens is 3. The van der Waals surface area contributed by atoms with E-state index in [1.165, 1.54) is 7.05 Å². The van der Waals surface area contributed by atoms with Crippen LogP contribution in [0.5, 0.6) is 0 Å². The van der Waals surface area contributed by atoms with Gasteiger partial charge in [-0.05, 0) is 6.07 Å². The summed E-state index contributed by atoms with van der Waals surface area (Å²) in [5.41, 5.74) is 5.48. The first-order valence-corrected chi connectivity index (χ1v) is 7.31. The molecule has 18 heavy (non-hydrogen) atoms. The molecule has 0 aliphatic heterocycles. The number of anilines is 1. The average Bonchev–Trinajstić information content (AvgIpc) is 2.31. The maximum absolute atomic E-state index is 12.1. The smallest absolute Gasteiger partial charge is 0.244 e.